The van der Waals surface area contributed by atoms with Crippen molar-refractivity contribution in [3.05, 3.63) is 5.89 Å². The minimum absolute atomic E-state index is 0.0941. The Labute approximate surface area is 90.7 Å². The molecule has 0 saturated carbocycles. The van der Waals surface area contributed by atoms with E-state index in [1.807, 2.05) is 14.0 Å². The third-order valence-corrected chi connectivity index (χ3v) is 2.54. The zero-order valence-electron chi connectivity index (χ0n) is 9.87. The molecule has 15 heavy (non-hydrogen) atoms. The highest BCUT2D eigenvalue weighted by molar-refractivity contribution is 5.17. The number of anilines is 1. The molecule has 0 amide bonds. The summed E-state index contributed by atoms with van der Waals surface area (Å²) in [5, 5.41) is 14.0. The quantitative estimate of drug-likeness (QED) is 0.753. The second-order valence-electron chi connectivity index (χ2n) is 3.85. The zero-order valence-corrected chi connectivity index (χ0v) is 9.87. The molecular weight excluding hydrogens is 192 g/mol. The first kappa shape index (κ1) is 12.0. The van der Waals surface area contributed by atoms with Gasteiger partial charge in [0.15, 0.2) is 0 Å². The average molecular weight is 212 g/mol. The second kappa shape index (κ2) is 5.70. The van der Waals surface area contributed by atoms with Crippen LogP contribution in [-0.4, -0.2) is 23.8 Å². The molecule has 0 aliphatic carbocycles. The fraction of sp³-hybridized carbons (Fsp3) is 0.800. The number of aromatic nitrogens is 2. The maximum absolute atomic E-state index is 5.44. The van der Waals surface area contributed by atoms with E-state index in [-0.39, 0.29) is 6.04 Å². The highest BCUT2D eigenvalue weighted by atomic mass is 16.4. The molecule has 0 bridgehead atoms. The molecule has 2 unspecified atom stereocenters. The average Bonchev–Trinajstić information content (AvgIpc) is 2.73. The SMILES string of the molecule is CCC(C)CNc1nnc(C(C)NC)o1. The van der Waals surface area contributed by atoms with Crippen LogP contribution in [0.5, 0.6) is 0 Å². The zero-order chi connectivity index (χ0) is 11.3. The monoisotopic (exact) mass is 212 g/mol. The summed E-state index contributed by atoms with van der Waals surface area (Å²) in [6.45, 7) is 7.19. The first-order chi connectivity index (χ1) is 7.17. The summed E-state index contributed by atoms with van der Waals surface area (Å²) < 4.78 is 5.44. The van der Waals surface area contributed by atoms with E-state index >= 15 is 0 Å². The van der Waals surface area contributed by atoms with Crippen LogP contribution in [0.3, 0.4) is 0 Å². The summed E-state index contributed by atoms with van der Waals surface area (Å²) in [6.07, 6.45) is 1.14. The molecule has 86 valence electrons. The Bertz CT molecular complexity index is 287. The summed E-state index contributed by atoms with van der Waals surface area (Å²) in [4.78, 5) is 0. The van der Waals surface area contributed by atoms with Gasteiger partial charge in [-0.3, -0.25) is 0 Å². The molecule has 1 aromatic heterocycles. The molecule has 0 fully saturated rings. The van der Waals surface area contributed by atoms with Gasteiger partial charge in [0.2, 0.25) is 5.89 Å². The van der Waals surface area contributed by atoms with Crippen molar-refractivity contribution in [3.63, 3.8) is 0 Å². The molecule has 1 aromatic rings. The lowest BCUT2D eigenvalue weighted by Crippen LogP contribution is -2.12. The largest absolute Gasteiger partial charge is 0.406 e. The molecule has 5 heteroatoms. The van der Waals surface area contributed by atoms with Crippen molar-refractivity contribution >= 4 is 6.01 Å². The third-order valence-electron chi connectivity index (χ3n) is 2.54. The molecule has 0 aromatic carbocycles. The van der Waals surface area contributed by atoms with Crippen LogP contribution in [0.1, 0.15) is 39.1 Å². The molecular formula is C10H20N4O. The van der Waals surface area contributed by atoms with Crippen molar-refractivity contribution in [1.29, 1.82) is 0 Å². The maximum atomic E-state index is 5.44. The standard InChI is InChI=1S/C10H20N4O/c1-5-7(2)6-12-10-14-13-9(15-10)8(3)11-4/h7-8,11H,5-6H2,1-4H3,(H,12,14). The van der Waals surface area contributed by atoms with Gasteiger partial charge in [-0.15, -0.1) is 5.10 Å². The minimum atomic E-state index is 0.0941. The summed E-state index contributed by atoms with van der Waals surface area (Å²) in [5.41, 5.74) is 0. The smallest absolute Gasteiger partial charge is 0.315 e. The molecule has 0 aliphatic rings. The van der Waals surface area contributed by atoms with E-state index in [4.69, 9.17) is 4.42 Å². The van der Waals surface area contributed by atoms with Gasteiger partial charge in [-0.2, -0.15) is 0 Å². The van der Waals surface area contributed by atoms with Crippen LogP contribution in [0.25, 0.3) is 0 Å². The van der Waals surface area contributed by atoms with Gasteiger partial charge in [0.25, 0.3) is 0 Å². The van der Waals surface area contributed by atoms with E-state index in [9.17, 15) is 0 Å². The summed E-state index contributed by atoms with van der Waals surface area (Å²) in [5.74, 6) is 1.23. The van der Waals surface area contributed by atoms with Gasteiger partial charge in [-0.1, -0.05) is 25.4 Å². The molecule has 2 N–H and O–H groups in total. The Hall–Kier alpha value is -1.10. The van der Waals surface area contributed by atoms with Gasteiger partial charge in [-0.05, 0) is 19.9 Å². The molecule has 0 spiro atoms. The predicted octanol–water partition coefficient (Wildman–Crippen LogP) is 1.81. The van der Waals surface area contributed by atoms with Crippen molar-refractivity contribution in [1.82, 2.24) is 15.5 Å². The number of rotatable bonds is 6. The molecule has 5 nitrogen and oxygen atoms in total. The van der Waals surface area contributed by atoms with Crippen molar-refractivity contribution in [2.45, 2.75) is 33.2 Å². The van der Waals surface area contributed by atoms with Crippen molar-refractivity contribution < 1.29 is 4.42 Å². The Balaban J connectivity index is 2.46. The first-order valence-electron chi connectivity index (χ1n) is 5.41. The van der Waals surface area contributed by atoms with E-state index in [1.54, 1.807) is 0 Å². The molecule has 0 saturated heterocycles. The first-order valence-corrected chi connectivity index (χ1v) is 5.41. The maximum Gasteiger partial charge on any atom is 0.315 e. The van der Waals surface area contributed by atoms with E-state index in [1.165, 1.54) is 0 Å². The van der Waals surface area contributed by atoms with Crippen LogP contribution in [0.15, 0.2) is 4.42 Å². The van der Waals surface area contributed by atoms with Crippen LogP contribution in [0, 0.1) is 5.92 Å². The Morgan fingerprint density at radius 1 is 1.33 bits per heavy atom. The van der Waals surface area contributed by atoms with Crippen LogP contribution in [-0.2, 0) is 0 Å². The van der Waals surface area contributed by atoms with E-state index in [0.717, 1.165) is 13.0 Å². The van der Waals surface area contributed by atoms with Gasteiger partial charge in [0, 0.05) is 6.54 Å². The van der Waals surface area contributed by atoms with E-state index in [2.05, 4.69) is 34.7 Å². The molecule has 0 aliphatic heterocycles. The predicted molar refractivity (Wildman–Crippen MR) is 59.7 cm³/mol. The van der Waals surface area contributed by atoms with Gasteiger partial charge < -0.3 is 15.1 Å². The Morgan fingerprint density at radius 3 is 2.67 bits per heavy atom. The molecule has 2 atom stereocenters. The lowest BCUT2D eigenvalue weighted by Gasteiger charge is -2.07. The topological polar surface area (TPSA) is 63.0 Å². The fourth-order valence-electron chi connectivity index (χ4n) is 1.01. The van der Waals surface area contributed by atoms with Crippen LogP contribution >= 0.6 is 0 Å². The lowest BCUT2D eigenvalue weighted by molar-refractivity contribution is 0.438. The number of nitrogens with zero attached hydrogens (tertiary/aromatic N) is 2. The van der Waals surface area contributed by atoms with E-state index < -0.39 is 0 Å². The molecule has 1 heterocycles. The third kappa shape index (κ3) is 3.51. The van der Waals surface area contributed by atoms with Gasteiger partial charge in [0.05, 0.1) is 6.04 Å². The second-order valence-corrected chi connectivity index (χ2v) is 3.85. The number of hydrogen-bond donors (Lipinski definition) is 2. The van der Waals surface area contributed by atoms with E-state index in [0.29, 0.717) is 17.8 Å². The Kier molecular flexibility index (Phi) is 4.55. The van der Waals surface area contributed by atoms with Crippen LogP contribution in [0.4, 0.5) is 6.01 Å². The molecule has 1 rings (SSSR count). The summed E-state index contributed by atoms with van der Waals surface area (Å²) >= 11 is 0. The van der Waals surface area contributed by atoms with Gasteiger partial charge in [-0.25, -0.2) is 0 Å². The Morgan fingerprint density at radius 2 is 2.07 bits per heavy atom. The van der Waals surface area contributed by atoms with Crippen molar-refractivity contribution in [2.75, 3.05) is 18.9 Å². The van der Waals surface area contributed by atoms with Gasteiger partial charge >= 0.3 is 6.01 Å². The number of nitrogens with one attached hydrogen (secondary N) is 2. The fourth-order valence-corrected chi connectivity index (χ4v) is 1.01. The highest BCUT2D eigenvalue weighted by Crippen LogP contribution is 2.13. The number of hydrogen-bond acceptors (Lipinski definition) is 5. The molecule has 0 radical (unpaired) electrons. The normalized spacial score (nSPS) is 14.9. The van der Waals surface area contributed by atoms with Crippen molar-refractivity contribution in [3.8, 4) is 0 Å². The van der Waals surface area contributed by atoms with Crippen LogP contribution < -0.4 is 10.6 Å². The summed E-state index contributed by atoms with van der Waals surface area (Å²) in [7, 11) is 1.86. The van der Waals surface area contributed by atoms with Gasteiger partial charge in [0.1, 0.15) is 0 Å². The van der Waals surface area contributed by atoms with Crippen molar-refractivity contribution in [2.24, 2.45) is 5.92 Å². The summed E-state index contributed by atoms with van der Waals surface area (Å²) in [6, 6.07) is 0.601. The minimum Gasteiger partial charge on any atom is -0.406 e. The highest BCUT2D eigenvalue weighted by Gasteiger charge is 2.11. The lowest BCUT2D eigenvalue weighted by atomic mass is 10.1. The van der Waals surface area contributed by atoms with Crippen LogP contribution in [0.2, 0.25) is 0 Å².